The molecule has 0 bridgehead atoms. The number of ether oxygens (including phenoxy) is 1. The van der Waals surface area contributed by atoms with Gasteiger partial charge >= 0.3 is 0 Å². The van der Waals surface area contributed by atoms with Crippen LogP contribution in [0.15, 0.2) is 18.2 Å². The molecule has 0 saturated heterocycles. The molecule has 0 aromatic heterocycles. The SMILES string of the molecule is CCC(CC)(CCO)CNC(=O)c1ccc(F)c(OC)c1. The van der Waals surface area contributed by atoms with Crippen molar-refractivity contribution in [1.82, 2.24) is 5.32 Å². The molecule has 0 spiro atoms. The molecule has 5 heteroatoms. The zero-order valence-corrected chi connectivity index (χ0v) is 12.9. The molecule has 1 rings (SSSR count). The van der Waals surface area contributed by atoms with Crippen molar-refractivity contribution < 1.29 is 19.0 Å². The number of nitrogens with one attached hydrogen (secondary N) is 1. The van der Waals surface area contributed by atoms with Gasteiger partial charge in [0.1, 0.15) is 0 Å². The molecule has 0 saturated carbocycles. The van der Waals surface area contributed by atoms with E-state index in [4.69, 9.17) is 4.74 Å². The van der Waals surface area contributed by atoms with Gasteiger partial charge in [-0.05, 0) is 42.9 Å². The molecule has 4 nitrogen and oxygen atoms in total. The van der Waals surface area contributed by atoms with Gasteiger partial charge < -0.3 is 15.2 Å². The van der Waals surface area contributed by atoms with Gasteiger partial charge in [0.2, 0.25) is 0 Å². The van der Waals surface area contributed by atoms with Crippen molar-refractivity contribution in [2.24, 2.45) is 5.41 Å². The van der Waals surface area contributed by atoms with E-state index in [1.54, 1.807) is 0 Å². The number of carbonyl (C=O) groups is 1. The lowest BCUT2D eigenvalue weighted by Crippen LogP contribution is -2.37. The fourth-order valence-electron chi connectivity index (χ4n) is 2.35. The summed E-state index contributed by atoms with van der Waals surface area (Å²) in [6.45, 7) is 4.68. The quantitative estimate of drug-likeness (QED) is 0.775. The molecule has 2 N–H and O–H groups in total. The lowest BCUT2D eigenvalue weighted by molar-refractivity contribution is 0.0907. The third-order valence-corrected chi connectivity index (χ3v) is 4.18. The first-order valence-corrected chi connectivity index (χ1v) is 7.24. The number of hydrogen-bond donors (Lipinski definition) is 2. The van der Waals surface area contributed by atoms with Crippen molar-refractivity contribution >= 4 is 5.91 Å². The molecule has 0 unspecified atom stereocenters. The van der Waals surface area contributed by atoms with Gasteiger partial charge in [-0.2, -0.15) is 0 Å². The van der Waals surface area contributed by atoms with Gasteiger partial charge in [0.25, 0.3) is 5.91 Å². The second-order valence-corrected chi connectivity index (χ2v) is 5.21. The highest BCUT2D eigenvalue weighted by Crippen LogP contribution is 2.29. The minimum atomic E-state index is -0.495. The van der Waals surface area contributed by atoms with E-state index in [0.717, 1.165) is 12.8 Å². The first-order chi connectivity index (χ1) is 10.0. The van der Waals surface area contributed by atoms with Crippen molar-refractivity contribution in [3.05, 3.63) is 29.6 Å². The number of amides is 1. The standard InChI is InChI=1S/C16H24FNO3/c1-4-16(5-2,8-9-19)11-18-15(20)12-6-7-13(17)14(10-12)21-3/h6-7,10,19H,4-5,8-9,11H2,1-3H3,(H,18,20). The summed E-state index contributed by atoms with van der Waals surface area (Å²) in [6.07, 6.45) is 2.39. The van der Waals surface area contributed by atoms with E-state index in [-0.39, 0.29) is 23.7 Å². The number of aliphatic hydroxyl groups is 1. The smallest absolute Gasteiger partial charge is 0.251 e. The zero-order chi connectivity index (χ0) is 15.9. The normalized spacial score (nSPS) is 11.3. The molecule has 1 aromatic rings. The predicted octanol–water partition coefficient (Wildman–Crippen LogP) is 2.75. The van der Waals surface area contributed by atoms with E-state index in [9.17, 15) is 14.3 Å². The van der Waals surface area contributed by atoms with Crippen LogP contribution in [-0.2, 0) is 0 Å². The second-order valence-electron chi connectivity index (χ2n) is 5.21. The van der Waals surface area contributed by atoms with Crippen LogP contribution in [0.1, 0.15) is 43.5 Å². The highest BCUT2D eigenvalue weighted by Gasteiger charge is 2.26. The summed E-state index contributed by atoms with van der Waals surface area (Å²) >= 11 is 0. The minimum Gasteiger partial charge on any atom is -0.494 e. The van der Waals surface area contributed by atoms with Crippen LogP contribution in [0.25, 0.3) is 0 Å². The molecular formula is C16H24FNO3. The average molecular weight is 297 g/mol. The summed E-state index contributed by atoms with van der Waals surface area (Å²) in [5, 5.41) is 12.0. The average Bonchev–Trinajstić information content (AvgIpc) is 2.51. The first-order valence-electron chi connectivity index (χ1n) is 7.24. The largest absolute Gasteiger partial charge is 0.494 e. The van der Waals surface area contributed by atoms with Crippen LogP contribution in [0.2, 0.25) is 0 Å². The van der Waals surface area contributed by atoms with Crippen LogP contribution in [0, 0.1) is 11.2 Å². The Morgan fingerprint density at radius 1 is 1.38 bits per heavy atom. The van der Waals surface area contributed by atoms with Gasteiger partial charge in [-0.15, -0.1) is 0 Å². The molecule has 0 aliphatic heterocycles. The third-order valence-electron chi connectivity index (χ3n) is 4.18. The summed E-state index contributed by atoms with van der Waals surface area (Å²) in [5.41, 5.74) is 0.257. The van der Waals surface area contributed by atoms with E-state index in [1.807, 2.05) is 13.8 Å². The Labute approximate surface area is 125 Å². The van der Waals surface area contributed by atoms with Gasteiger partial charge in [0.15, 0.2) is 11.6 Å². The number of benzene rings is 1. The second kappa shape index (κ2) is 7.98. The summed E-state index contributed by atoms with van der Waals surface area (Å²) in [4.78, 5) is 12.2. The molecular weight excluding hydrogens is 273 g/mol. The Morgan fingerprint density at radius 2 is 2.05 bits per heavy atom. The Bertz CT molecular complexity index is 473. The van der Waals surface area contributed by atoms with Crippen LogP contribution < -0.4 is 10.1 Å². The molecule has 0 atom stereocenters. The maximum atomic E-state index is 13.3. The van der Waals surface area contributed by atoms with Crippen LogP contribution in [0.4, 0.5) is 4.39 Å². The van der Waals surface area contributed by atoms with Crippen LogP contribution in [0.5, 0.6) is 5.75 Å². The molecule has 0 radical (unpaired) electrons. The summed E-state index contributed by atoms with van der Waals surface area (Å²) in [5.74, 6) is -0.710. The van der Waals surface area contributed by atoms with Crippen molar-refractivity contribution in [2.75, 3.05) is 20.3 Å². The fourth-order valence-corrected chi connectivity index (χ4v) is 2.35. The lowest BCUT2D eigenvalue weighted by atomic mass is 9.79. The molecule has 118 valence electrons. The Hall–Kier alpha value is -1.62. The van der Waals surface area contributed by atoms with Crippen molar-refractivity contribution in [2.45, 2.75) is 33.1 Å². The van der Waals surface area contributed by atoms with E-state index < -0.39 is 5.82 Å². The molecule has 1 aromatic carbocycles. The number of aliphatic hydroxyl groups excluding tert-OH is 1. The maximum Gasteiger partial charge on any atom is 0.251 e. The van der Waals surface area contributed by atoms with E-state index in [0.29, 0.717) is 18.5 Å². The number of hydrogen-bond acceptors (Lipinski definition) is 3. The van der Waals surface area contributed by atoms with Gasteiger partial charge in [-0.1, -0.05) is 13.8 Å². The van der Waals surface area contributed by atoms with Gasteiger partial charge in [0.05, 0.1) is 7.11 Å². The topological polar surface area (TPSA) is 58.6 Å². The van der Waals surface area contributed by atoms with Crippen LogP contribution in [-0.4, -0.2) is 31.3 Å². The minimum absolute atomic E-state index is 0.0512. The van der Waals surface area contributed by atoms with Gasteiger partial charge in [0, 0.05) is 18.7 Å². The van der Waals surface area contributed by atoms with Crippen LogP contribution in [0.3, 0.4) is 0 Å². The summed E-state index contributed by atoms with van der Waals surface area (Å²) in [7, 11) is 1.36. The Morgan fingerprint density at radius 3 is 2.57 bits per heavy atom. The zero-order valence-electron chi connectivity index (χ0n) is 12.9. The molecule has 0 aliphatic rings. The molecule has 0 fully saturated rings. The maximum absolute atomic E-state index is 13.3. The molecule has 0 aliphatic carbocycles. The monoisotopic (exact) mass is 297 g/mol. The van der Waals surface area contributed by atoms with Gasteiger partial charge in [-0.3, -0.25) is 4.79 Å². The fraction of sp³-hybridized carbons (Fsp3) is 0.562. The van der Waals surface area contributed by atoms with E-state index in [1.165, 1.54) is 25.3 Å². The highest BCUT2D eigenvalue weighted by atomic mass is 19.1. The predicted molar refractivity (Wildman–Crippen MR) is 80.0 cm³/mol. The number of methoxy groups -OCH3 is 1. The van der Waals surface area contributed by atoms with Crippen molar-refractivity contribution in [3.63, 3.8) is 0 Å². The number of rotatable bonds is 8. The summed E-state index contributed by atoms with van der Waals surface area (Å²) in [6, 6.07) is 4.03. The van der Waals surface area contributed by atoms with Gasteiger partial charge in [-0.25, -0.2) is 4.39 Å². The third kappa shape index (κ3) is 4.43. The first kappa shape index (κ1) is 17.4. The highest BCUT2D eigenvalue weighted by molar-refractivity contribution is 5.94. The van der Waals surface area contributed by atoms with Crippen LogP contribution >= 0.6 is 0 Å². The van der Waals surface area contributed by atoms with Crippen molar-refractivity contribution in [1.29, 1.82) is 0 Å². The van der Waals surface area contributed by atoms with E-state index in [2.05, 4.69) is 5.32 Å². The molecule has 1 amide bonds. The summed E-state index contributed by atoms with van der Waals surface area (Å²) < 4.78 is 18.2. The van der Waals surface area contributed by atoms with Crippen molar-refractivity contribution in [3.8, 4) is 5.75 Å². The number of halogens is 1. The number of carbonyl (C=O) groups excluding carboxylic acids is 1. The molecule has 21 heavy (non-hydrogen) atoms. The lowest BCUT2D eigenvalue weighted by Gasteiger charge is -2.31. The Balaban J connectivity index is 2.76. The molecule has 0 heterocycles. The Kier molecular flexibility index (Phi) is 6.62. The van der Waals surface area contributed by atoms with E-state index >= 15 is 0 Å².